The zero-order valence-electron chi connectivity index (χ0n) is 13.5. The second kappa shape index (κ2) is 7.59. The molecule has 1 aromatic carbocycles. The summed E-state index contributed by atoms with van der Waals surface area (Å²) < 4.78 is 32.0. The van der Waals surface area contributed by atoms with Crippen molar-refractivity contribution in [2.45, 2.75) is 24.3 Å². The summed E-state index contributed by atoms with van der Waals surface area (Å²) in [5, 5.41) is 3.04. The summed E-state index contributed by atoms with van der Waals surface area (Å²) in [7, 11) is -3.63. The van der Waals surface area contributed by atoms with E-state index >= 15 is 0 Å². The first-order valence-corrected chi connectivity index (χ1v) is 9.85. The minimum absolute atomic E-state index is 0.0776. The minimum atomic E-state index is -3.63. The molecule has 134 valence electrons. The van der Waals surface area contributed by atoms with Crippen LogP contribution < -0.4 is 5.32 Å². The Kier molecular flexibility index (Phi) is 5.46. The summed E-state index contributed by atoms with van der Waals surface area (Å²) >= 11 is 6.02. The minimum Gasteiger partial charge on any atom is -0.467 e. The zero-order chi connectivity index (χ0) is 17.9. The third kappa shape index (κ3) is 4.05. The molecule has 1 aliphatic heterocycles. The van der Waals surface area contributed by atoms with Crippen LogP contribution in [-0.4, -0.2) is 31.7 Å². The molecular formula is C17H19ClN2O4S. The van der Waals surface area contributed by atoms with E-state index in [0.29, 0.717) is 38.2 Å². The highest BCUT2D eigenvalue weighted by Gasteiger charge is 2.32. The second-order valence-electron chi connectivity index (χ2n) is 5.91. The Morgan fingerprint density at radius 1 is 1.20 bits per heavy atom. The van der Waals surface area contributed by atoms with E-state index in [-0.39, 0.29) is 21.7 Å². The van der Waals surface area contributed by atoms with E-state index in [0.717, 1.165) is 0 Å². The molecule has 3 rings (SSSR count). The number of nitrogens with one attached hydrogen (secondary N) is 1. The van der Waals surface area contributed by atoms with Crippen molar-refractivity contribution < 1.29 is 17.6 Å². The Morgan fingerprint density at radius 2 is 1.92 bits per heavy atom. The monoisotopic (exact) mass is 382 g/mol. The van der Waals surface area contributed by atoms with Crippen LogP contribution in [0.4, 0.5) is 0 Å². The normalized spacial score (nSPS) is 16.7. The van der Waals surface area contributed by atoms with Crippen LogP contribution in [0.5, 0.6) is 0 Å². The first-order valence-electron chi connectivity index (χ1n) is 8.03. The quantitative estimate of drug-likeness (QED) is 0.862. The zero-order valence-corrected chi connectivity index (χ0v) is 15.1. The molecule has 1 fully saturated rings. The molecule has 1 aliphatic rings. The number of furan rings is 1. The van der Waals surface area contributed by atoms with Crippen molar-refractivity contribution in [1.29, 1.82) is 0 Å². The van der Waals surface area contributed by atoms with Crippen molar-refractivity contribution in [2.75, 3.05) is 13.1 Å². The van der Waals surface area contributed by atoms with Gasteiger partial charge in [-0.2, -0.15) is 4.31 Å². The molecule has 2 heterocycles. The van der Waals surface area contributed by atoms with E-state index in [4.69, 9.17) is 16.0 Å². The maximum atomic E-state index is 12.7. The van der Waals surface area contributed by atoms with Gasteiger partial charge in [0.1, 0.15) is 10.7 Å². The van der Waals surface area contributed by atoms with Gasteiger partial charge in [0.05, 0.1) is 17.8 Å². The number of nitrogens with zero attached hydrogens (tertiary/aromatic N) is 1. The highest BCUT2D eigenvalue weighted by atomic mass is 35.5. The molecule has 0 bridgehead atoms. The lowest BCUT2D eigenvalue weighted by atomic mass is 9.97. The van der Waals surface area contributed by atoms with Gasteiger partial charge in [0.25, 0.3) is 0 Å². The summed E-state index contributed by atoms with van der Waals surface area (Å²) in [6.07, 6.45) is 2.51. The molecule has 1 saturated heterocycles. The number of rotatable bonds is 5. The summed E-state index contributed by atoms with van der Waals surface area (Å²) in [5.41, 5.74) is 0. The van der Waals surface area contributed by atoms with E-state index < -0.39 is 10.0 Å². The fraction of sp³-hybridized carbons (Fsp3) is 0.353. The van der Waals surface area contributed by atoms with E-state index in [1.807, 2.05) is 0 Å². The molecule has 1 N–H and O–H groups in total. The molecule has 0 atom stereocenters. The van der Waals surface area contributed by atoms with E-state index in [9.17, 15) is 13.2 Å². The molecule has 0 radical (unpaired) electrons. The molecule has 0 unspecified atom stereocenters. The first-order chi connectivity index (χ1) is 12.0. The van der Waals surface area contributed by atoms with Crippen LogP contribution >= 0.6 is 11.6 Å². The SMILES string of the molecule is O=C(NCc1ccco1)C1CCN(S(=O)(=O)c2ccccc2Cl)CC1. The lowest BCUT2D eigenvalue weighted by Crippen LogP contribution is -2.42. The fourth-order valence-corrected chi connectivity index (χ4v) is 4.85. The molecule has 25 heavy (non-hydrogen) atoms. The third-order valence-electron chi connectivity index (χ3n) is 4.30. The van der Waals surface area contributed by atoms with Crippen LogP contribution in [0.1, 0.15) is 18.6 Å². The Hall–Kier alpha value is -1.83. The van der Waals surface area contributed by atoms with Gasteiger partial charge in [0, 0.05) is 19.0 Å². The number of amides is 1. The fourth-order valence-electron chi connectivity index (χ4n) is 2.88. The number of halogens is 1. The van der Waals surface area contributed by atoms with Gasteiger partial charge in [-0.05, 0) is 37.1 Å². The molecule has 0 spiro atoms. The number of sulfonamides is 1. The lowest BCUT2D eigenvalue weighted by Gasteiger charge is -2.30. The van der Waals surface area contributed by atoms with Crippen molar-refractivity contribution in [2.24, 2.45) is 5.92 Å². The molecule has 6 nitrogen and oxygen atoms in total. The van der Waals surface area contributed by atoms with Crippen molar-refractivity contribution in [3.05, 3.63) is 53.4 Å². The number of hydrogen-bond donors (Lipinski definition) is 1. The van der Waals surface area contributed by atoms with E-state index in [1.54, 1.807) is 36.6 Å². The molecular weight excluding hydrogens is 364 g/mol. The van der Waals surface area contributed by atoms with Crippen molar-refractivity contribution in [3.8, 4) is 0 Å². The molecule has 2 aromatic rings. The second-order valence-corrected chi connectivity index (χ2v) is 8.22. The molecule has 1 amide bonds. The first kappa shape index (κ1) is 18.0. The van der Waals surface area contributed by atoms with Crippen molar-refractivity contribution in [1.82, 2.24) is 9.62 Å². The van der Waals surface area contributed by atoms with Gasteiger partial charge in [-0.1, -0.05) is 23.7 Å². The number of hydrogen-bond acceptors (Lipinski definition) is 4. The maximum Gasteiger partial charge on any atom is 0.244 e. The lowest BCUT2D eigenvalue weighted by molar-refractivity contribution is -0.126. The van der Waals surface area contributed by atoms with Crippen molar-refractivity contribution >= 4 is 27.5 Å². The van der Waals surface area contributed by atoms with E-state index in [1.165, 1.54) is 10.4 Å². The van der Waals surface area contributed by atoms with Gasteiger partial charge < -0.3 is 9.73 Å². The van der Waals surface area contributed by atoms with Gasteiger partial charge >= 0.3 is 0 Å². The van der Waals surface area contributed by atoms with Gasteiger partial charge in [-0.15, -0.1) is 0 Å². The molecule has 1 aromatic heterocycles. The largest absolute Gasteiger partial charge is 0.467 e. The topological polar surface area (TPSA) is 79.6 Å². The Morgan fingerprint density at radius 3 is 2.56 bits per heavy atom. The number of benzene rings is 1. The van der Waals surface area contributed by atoms with Gasteiger partial charge in [0.15, 0.2) is 0 Å². The highest BCUT2D eigenvalue weighted by Crippen LogP contribution is 2.28. The predicted molar refractivity (Wildman–Crippen MR) is 93.5 cm³/mol. The Labute approximate surface area is 151 Å². The number of carbonyl (C=O) groups excluding carboxylic acids is 1. The summed E-state index contributed by atoms with van der Waals surface area (Å²) in [6.45, 7) is 0.933. The average molecular weight is 383 g/mol. The Bertz CT molecular complexity index is 828. The van der Waals surface area contributed by atoms with Crippen LogP contribution in [0.15, 0.2) is 52.0 Å². The van der Waals surface area contributed by atoms with Crippen molar-refractivity contribution in [3.63, 3.8) is 0 Å². The summed E-state index contributed by atoms with van der Waals surface area (Å²) in [4.78, 5) is 12.3. The number of carbonyl (C=O) groups is 1. The standard InChI is InChI=1S/C17H19ClN2O4S/c18-15-5-1-2-6-16(15)25(22,23)20-9-7-13(8-10-20)17(21)19-12-14-4-3-11-24-14/h1-6,11,13H,7-10,12H2,(H,19,21). The maximum absolute atomic E-state index is 12.7. The molecule has 8 heteroatoms. The van der Waals surface area contributed by atoms with Crippen LogP contribution in [-0.2, 0) is 21.4 Å². The van der Waals surface area contributed by atoms with E-state index in [2.05, 4.69) is 5.32 Å². The van der Waals surface area contributed by atoms with Crippen LogP contribution in [0.3, 0.4) is 0 Å². The Balaban J connectivity index is 1.58. The van der Waals surface area contributed by atoms with Crippen LogP contribution in [0.2, 0.25) is 5.02 Å². The van der Waals surface area contributed by atoms with Crippen LogP contribution in [0, 0.1) is 5.92 Å². The predicted octanol–water partition coefficient (Wildman–Crippen LogP) is 2.65. The van der Waals surface area contributed by atoms with Gasteiger partial charge in [-0.25, -0.2) is 8.42 Å². The highest BCUT2D eigenvalue weighted by molar-refractivity contribution is 7.89. The summed E-state index contributed by atoms with van der Waals surface area (Å²) in [6, 6.07) is 9.95. The van der Waals surface area contributed by atoms with Crippen LogP contribution in [0.25, 0.3) is 0 Å². The molecule has 0 aliphatic carbocycles. The molecule has 0 saturated carbocycles. The average Bonchev–Trinajstić information content (AvgIpc) is 3.13. The van der Waals surface area contributed by atoms with Gasteiger partial charge in [0.2, 0.25) is 15.9 Å². The van der Waals surface area contributed by atoms with Gasteiger partial charge in [-0.3, -0.25) is 4.79 Å². The number of piperidine rings is 1. The third-order valence-corrected chi connectivity index (χ3v) is 6.69. The smallest absolute Gasteiger partial charge is 0.244 e. The summed E-state index contributed by atoms with van der Waals surface area (Å²) in [5.74, 6) is 0.408.